The third-order valence-electron chi connectivity index (χ3n) is 4.28. The Hall–Kier alpha value is -2.50. The lowest BCUT2D eigenvalue weighted by Gasteiger charge is -2.29. The molecular weight excluding hydrogens is 344 g/mol. The van der Waals surface area contributed by atoms with E-state index in [2.05, 4.69) is 0 Å². The number of hydrogen-bond donors (Lipinski definition) is 0. The second-order valence-electron chi connectivity index (χ2n) is 7.59. The zero-order valence-corrected chi connectivity index (χ0v) is 15.8. The minimum Gasteiger partial charge on any atom is -0.454 e. The fraction of sp³-hybridized carbons (Fsp3) is 0.364. The summed E-state index contributed by atoms with van der Waals surface area (Å²) in [5.41, 5.74) is 1.44. The molecule has 0 radical (unpaired) electrons. The van der Waals surface area contributed by atoms with E-state index in [4.69, 9.17) is 14.2 Å². The number of ether oxygens (including phenoxy) is 3. The Bertz CT molecular complexity index is 782. The molecule has 0 bridgehead atoms. The molecule has 0 N–H and O–H groups in total. The molecule has 1 fully saturated rings. The average molecular weight is 368 g/mol. The van der Waals surface area contributed by atoms with E-state index in [-0.39, 0.29) is 19.0 Å². The number of hydrogen-bond acceptors (Lipinski definition) is 5. The van der Waals surface area contributed by atoms with Gasteiger partial charge in [-0.1, -0.05) is 63.2 Å². The van der Waals surface area contributed by atoms with Gasteiger partial charge in [0.2, 0.25) is 0 Å². The van der Waals surface area contributed by atoms with Gasteiger partial charge in [-0.15, -0.1) is 0 Å². The van der Waals surface area contributed by atoms with Crippen LogP contribution in [0, 0.1) is 5.41 Å². The average Bonchev–Trinajstić information content (AvgIpc) is 2.68. The Morgan fingerprint density at radius 3 is 2.00 bits per heavy atom. The predicted molar refractivity (Wildman–Crippen MR) is 101 cm³/mol. The number of ketones is 1. The van der Waals surface area contributed by atoms with Gasteiger partial charge in [-0.05, 0) is 12.1 Å². The molecule has 5 heteroatoms. The first kappa shape index (κ1) is 19.3. The first-order valence-electron chi connectivity index (χ1n) is 8.98. The molecule has 1 heterocycles. The summed E-state index contributed by atoms with van der Waals surface area (Å²) in [6.07, 6.45) is -0.905. The van der Waals surface area contributed by atoms with Gasteiger partial charge in [0.05, 0.1) is 18.8 Å². The maximum atomic E-state index is 12.3. The van der Waals surface area contributed by atoms with Gasteiger partial charge in [-0.25, -0.2) is 4.79 Å². The summed E-state index contributed by atoms with van der Waals surface area (Å²) in [6, 6.07) is 16.2. The van der Waals surface area contributed by atoms with Crippen molar-refractivity contribution in [3.63, 3.8) is 0 Å². The van der Waals surface area contributed by atoms with Crippen LogP contribution in [0.4, 0.5) is 0 Å². The molecule has 0 atom stereocenters. The Labute approximate surface area is 159 Å². The van der Waals surface area contributed by atoms with Gasteiger partial charge in [-0.3, -0.25) is 4.79 Å². The summed E-state index contributed by atoms with van der Waals surface area (Å²) in [6.45, 7) is 6.13. The monoisotopic (exact) mass is 368 g/mol. The molecule has 2 aromatic carbocycles. The Morgan fingerprint density at radius 1 is 0.889 bits per heavy atom. The summed E-state index contributed by atoms with van der Waals surface area (Å²) in [7, 11) is 0. The third-order valence-corrected chi connectivity index (χ3v) is 4.28. The molecule has 142 valence electrons. The molecule has 1 saturated heterocycles. The number of carbonyl (C=O) groups excluding carboxylic acids is 2. The largest absolute Gasteiger partial charge is 0.454 e. The quantitative estimate of drug-likeness (QED) is 0.598. The fourth-order valence-electron chi connectivity index (χ4n) is 2.77. The van der Waals surface area contributed by atoms with Crippen molar-refractivity contribution in [3.05, 3.63) is 71.3 Å². The summed E-state index contributed by atoms with van der Waals surface area (Å²) in [5.74, 6) is -0.427. The topological polar surface area (TPSA) is 61.8 Å². The van der Waals surface area contributed by atoms with Crippen molar-refractivity contribution in [1.82, 2.24) is 0 Å². The highest BCUT2D eigenvalue weighted by molar-refractivity contribution is 6.00. The molecule has 0 spiro atoms. The van der Waals surface area contributed by atoms with Gasteiger partial charge in [0.25, 0.3) is 0 Å². The number of esters is 1. The van der Waals surface area contributed by atoms with Crippen molar-refractivity contribution in [1.29, 1.82) is 0 Å². The van der Waals surface area contributed by atoms with E-state index >= 15 is 0 Å². The first-order chi connectivity index (χ1) is 12.8. The van der Waals surface area contributed by atoms with Gasteiger partial charge < -0.3 is 14.2 Å². The van der Waals surface area contributed by atoms with Crippen LogP contribution in [0.3, 0.4) is 0 Å². The molecule has 27 heavy (non-hydrogen) atoms. The van der Waals surface area contributed by atoms with Crippen LogP contribution in [-0.4, -0.2) is 31.1 Å². The van der Waals surface area contributed by atoms with Gasteiger partial charge in [0, 0.05) is 16.5 Å². The maximum absolute atomic E-state index is 12.3. The molecule has 3 rings (SSSR count). The van der Waals surface area contributed by atoms with Crippen molar-refractivity contribution < 1.29 is 23.8 Å². The first-order valence-corrected chi connectivity index (χ1v) is 8.98. The zero-order chi connectivity index (χ0) is 19.4. The van der Waals surface area contributed by atoms with Crippen molar-refractivity contribution in [3.8, 4) is 0 Å². The predicted octanol–water partition coefficient (Wildman–Crippen LogP) is 4.19. The lowest BCUT2D eigenvalue weighted by atomic mass is 9.86. The van der Waals surface area contributed by atoms with Crippen LogP contribution in [-0.2, 0) is 14.2 Å². The van der Waals surface area contributed by atoms with E-state index < -0.39 is 23.8 Å². The van der Waals surface area contributed by atoms with Gasteiger partial charge in [-0.2, -0.15) is 0 Å². The smallest absolute Gasteiger partial charge is 0.338 e. The summed E-state index contributed by atoms with van der Waals surface area (Å²) in [4.78, 5) is 24.6. The summed E-state index contributed by atoms with van der Waals surface area (Å²) >= 11 is 0. The number of carbonyl (C=O) groups is 2. The lowest BCUT2D eigenvalue weighted by Crippen LogP contribution is -2.35. The molecule has 0 unspecified atom stereocenters. The lowest BCUT2D eigenvalue weighted by molar-refractivity contribution is -0.220. The molecule has 0 aliphatic carbocycles. The van der Waals surface area contributed by atoms with Gasteiger partial charge >= 0.3 is 5.97 Å². The van der Waals surface area contributed by atoms with Crippen LogP contribution >= 0.6 is 0 Å². The van der Waals surface area contributed by atoms with Crippen molar-refractivity contribution in [2.45, 2.75) is 33.2 Å². The Balaban J connectivity index is 1.55. The Morgan fingerprint density at radius 2 is 1.44 bits per heavy atom. The van der Waals surface area contributed by atoms with Crippen LogP contribution in [0.15, 0.2) is 54.6 Å². The van der Waals surface area contributed by atoms with Crippen LogP contribution in [0.25, 0.3) is 0 Å². The molecule has 0 saturated carbocycles. The SMILES string of the molecule is CC(C)(C)C(=O)c1ccc(C(=O)OC2COC(c3ccccc3)OC2)cc1. The minimum atomic E-state index is -0.464. The normalized spacial score (nSPS) is 20.1. The van der Waals surface area contributed by atoms with Crippen molar-refractivity contribution in [2.24, 2.45) is 5.41 Å². The zero-order valence-electron chi connectivity index (χ0n) is 15.8. The number of rotatable bonds is 4. The molecule has 2 aromatic rings. The second kappa shape index (κ2) is 8.03. The van der Waals surface area contributed by atoms with Crippen LogP contribution in [0.1, 0.15) is 53.3 Å². The van der Waals surface area contributed by atoms with E-state index in [0.29, 0.717) is 11.1 Å². The molecule has 1 aliphatic rings. The standard InChI is InChI=1S/C22H24O5/c1-22(2,3)19(23)15-9-11-16(12-10-15)20(24)27-18-13-25-21(26-14-18)17-7-5-4-6-8-17/h4-12,18,21H,13-14H2,1-3H3. The van der Waals surface area contributed by atoms with E-state index in [9.17, 15) is 9.59 Å². The highest BCUT2D eigenvalue weighted by Gasteiger charge is 2.27. The number of Topliss-reactive ketones (excluding diaryl/α,β-unsaturated/α-hetero) is 1. The van der Waals surface area contributed by atoms with Crippen LogP contribution in [0.5, 0.6) is 0 Å². The number of benzene rings is 2. The minimum absolute atomic E-state index is 0.0310. The molecule has 0 aromatic heterocycles. The van der Waals surface area contributed by atoms with Gasteiger partial charge in [0.1, 0.15) is 6.10 Å². The summed E-state index contributed by atoms with van der Waals surface area (Å²) in [5, 5.41) is 0. The molecule has 5 nitrogen and oxygen atoms in total. The summed E-state index contributed by atoms with van der Waals surface area (Å²) < 4.78 is 16.8. The molecule has 0 amide bonds. The van der Waals surface area contributed by atoms with E-state index in [1.807, 2.05) is 51.1 Å². The molecule has 1 aliphatic heterocycles. The van der Waals surface area contributed by atoms with Crippen LogP contribution < -0.4 is 0 Å². The highest BCUT2D eigenvalue weighted by Crippen LogP contribution is 2.24. The van der Waals surface area contributed by atoms with E-state index in [1.54, 1.807) is 24.3 Å². The van der Waals surface area contributed by atoms with Crippen molar-refractivity contribution >= 4 is 11.8 Å². The maximum Gasteiger partial charge on any atom is 0.338 e. The molecular formula is C22H24O5. The van der Waals surface area contributed by atoms with E-state index in [0.717, 1.165) is 5.56 Å². The van der Waals surface area contributed by atoms with E-state index in [1.165, 1.54) is 0 Å². The van der Waals surface area contributed by atoms with Crippen molar-refractivity contribution in [2.75, 3.05) is 13.2 Å². The third kappa shape index (κ3) is 4.81. The second-order valence-corrected chi connectivity index (χ2v) is 7.59. The Kier molecular flexibility index (Phi) is 5.73. The van der Waals surface area contributed by atoms with Crippen LogP contribution in [0.2, 0.25) is 0 Å². The highest BCUT2D eigenvalue weighted by atomic mass is 16.7. The fourth-order valence-corrected chi connectivity index (χ4v) is 2.77. The van der Waals surface area contributed by atoms with Gasteiger partial charge in [0.15, 0.2) is 12.1 Å².